The van der Waals surface area contributed by atoms with Gasteiger partial charge in [-0.2, -0.15) is 0 Å². The highest BCUT2D eigenvalue weighted by Gasteiger charge is 2.48. The molecule has 0 radical (unpaired) electrons. The molecule has 26 heavy (non-hydrogen) atoms. The van der Waals surface area contributed by atoms with E-state index in [9.17, 15) is 0 Å². The predicted molar refractivity (Wildman–Crippen MR) is 115 cm³/mol. The molecule has 134 valence electrons. The molecule has 0 heterocycles. The highest BCUT2D eigenvalue weighted by Crippen LogP contribution is 2.27. The number of hydrogen-bond donors (Lipinski definition) is 0. The Morgan fingerprint density at radius 3 is 1.23 bits per heavy atom. The third-order valence-corrected chi connectivity index (χ3v) is 7.04. The Bertz CT molecular complexity index is 668. The fourth-order valence-corrected chi connectivity index (χ4v) is 6.13. The number of benzene rings is 3. The van der Waals surface area contributed by atoms with E-state index < -0.39 is 8.80 Å². The summed E-state index contributed by atoms with van der Waals surface area (Å²) in [5.41, 5.74) is 0. The van der Waals surface area contributed by atoms with Crippen LogP contribution in [0.4, 0.5) is 0 Å². The largest absolute Gasteiger partial charge is 0.699 e. The molecule has 0 aliphatic rings. The maximum atomic E-state index is 6.40. The molecule has 3 aromatic rings. The number of para-hydroxylation sites is 3. The minimum absolute atomic E-state index is 0.731. The average Bonchev–Trinajstić information content (AvgIpc) is 2.69. The van der Waals surface area contributed by atoms with Crippen molar-refractivity contribution in [2.24, 2.45) is 0 Å². The summed E-state index contributed by atoms with van der Waals surface area (Å²) in [6.45, 7) is 0. The normalized spacial score (nSPS) is 11.0. The van der Waals surface area contributed by atoms with Gasteiger partial charge in [-0.05, 0) is 47.2 Å². The van der Waals surface area contributed by atoms with Gasteiger partial charge in [-0.1, -0.05) is 77.2 Å². The SMILES string of the molecule is ICCC[Si](Oc1ccccc1)(Oc1ccccc1)Oc1ccccc1. The maximum absolute atomic E-state index is 6.40. The van der Waals surface area contributed by atoms with E-state index in [1.54, 1.807) is 0 Å². The van der Waals surface area contributed by atoms with Gasteiger partial charge in [-0.15, -0.1) is 0 Å². The molecule has 0 saturated heterocycles. The van der Waals surface area contributed by atoms with Crippen LogP contribution in [0.1, 0.15) is 6.42 Å². The van der Waals surface area contributed by atoms with Crippen molar-refractivity contribution in [3.63, 3.8) is 0 Å². The van der Waals surface area contributed by atoms with Crippen LogP contribution >= 0.6 is 22.6 Å². The molecular weight excluding hydrogens is 455 g/mol. The summed E-state index contributed by atoms with van der Waals surface area (Å²) in [5.74, 6) is 2.29. The van der Waals surface area contributed by atoms with Gasteiger partial charge in [0.1, 0.15) is 17.2 Å². The first-order chi connectivity index (χ1) is 12.8. The number of hydrogen-bond acceptors (Lipinski definition) is 3. The smallest absolute Gasteiger partial charge is 0.483 e. The minimum atomic E-state index is -3.04. The van der Waals surface area contributed by atoms with Crippen molar-refractivity contribution in [1.82, 2.24) is 0 Å². The van der Waals surface area contributed by atoms with Crippen LogP contribution in [0.2, 0.25) is 6.04 Å². The Morgan fingerprint density at radius 2 is 0.923 bits per heavy atom. The number of alkyl halides is 1. The molecule has 0 aromatic heterocycles. The van der Waals surface area contributed by atoms with Gasteiger partial charge in [0.05, 0.1) is 6.04 Å². The molecule has 0 atom stereocenters. The third kappa shape index (κ3) is 5.50. The summed E-state index contributed by atoms with van der Waals surface area (Å²) in [6.07, 6.45) is 0.958. The maximum Gasteiger partial charge on any atom is 0.699 e. The second-order valence-corrected chi connectivity index (χ2v) is 9.28. The van der Waals surface area contributed by atoms with E-state index in [0.29, 0.717) is 0 Å². The summed E-state index contributed by atoms with van der Waals surface area (Å²) in [6, 6.07) is 30.0. The molecule has 0 bridgehead atoms. The highest BCUT2D eigenvalue weighted by atomic mass is 127. The van der Waals surface area contributed by atoms with Gasteiger partial charge in [-0.3, -0.25) is 0 Å². The molecule has 0 spiro atoms. The summed E-state index contributed by atoms with van der Waals surface area (Å²) >= 11 is 2.38. The summed E-state index contributed by atoms with van der Waals surface area (Å²) < 4.78 is 20.2. The highest BCUT2D eigenvalue weighted by molar-refractivity contribution is 14.1. The Hall–Kier alpha value is -1.99. The van der Waals surface area contributed by atoms with Crippen molar-refractivity contribution in [1.29, 1.82) is 0 Å². The van der Waals surface area contributed by atoms with Crippen molar-refractivity contribution in [3.05, 3.63) is 91.0 Å². The van der Waals surface area contributed by atoms with Crippen LogP contribution < -0.4 is 13.3 Å². The Kier molecular flexibility index (Phi) is 6.96. The zero-order valence-electron chi connectivity index (χ0n) is 14.4. The van der Waals surface area contributed by atoms with Gasteiger partial charge in [0.25, 0.3) is 0 Å². The van der Waals surface area contributed by atoms with Gasteiger partial charge in [0, 0.05) is 0 Å². The van der Waals surface area contributed by atoms with Gasteiger partial charge in [0.2, 0.25) is 0 Å². The molecule has 0 N–H and O–H groups in total. The fraction of sp³-hybridized carbons (Fsp3) is 0.143. The average molecular weight is 476 g/mol. The van der Waals surface area contributed by atoms with Crippen LogP contribution in [-0.2, 0) is 0 Å². The summed E-state index contributed by atoms with van der Waals surface area (Å²) in [4.78, 5) is 0. The minimum Gasteiger partial charge on any atom is -0.483 e. The van der Waals surface area contributed by atoms with Gasteiger partial charge < -0.3 is 13.3 Å². The Morgan fingerprint density at radius 1 is 0.577 bits per heavy atom. The van der Waals surface area contributed by atoms with E-state index >= 15 is 0 Å². The molecule has 3 rings (SSSR count). The van der Waals surface area contributed by atoms with Crippen molar-refractivity contribution < 1.29 is 13.3 Å². The number of halogens is 1. The van der Waals surface area contributed by atoms with Crippen LogP contribution in [0.15, 0.2) is 91.0 Å². The van der Waals surface area contributed by atoms with Gasteiger partial charge >= 0.3 is 8.80 Å². The van der Waals surface area contributed by atoms with Crippen molar-refractivity contribution in [2.75, 3.05) is 4.43 Å². The molecule has 3 nitrogen and oxygen atoms in total. The van der Waals surface area contributed by atoms with E-state index in [-0.39, 0.29) is 0 Å². The molecule has 5 heteroatoms. The van der Waals surface area contributed by atoms with Crippen LogP contribution in [0.3, 0.4) is 0 Å². The predicted octanol–water partition coefficient (Wildman–Crippen LogP) is 5.99. The van der Waals surface area contributed by atoms with Crippen molar-refractivity contribution >= 4 is 31.4 Å². The van der Waals surface area contributed by atoms with Crippen LogP contribution in [0, 0.1) is 0 Å². The molecule has 0 aliphatic carbocycles. The first-order valence-electron chi connectivity index (χ1n) is 8.58. The summed E-state index contributed by atoms with van der Waals surface area (Å²) in [7, 11) is -3.04. The second-order valence-electron chi connectivity index (χ2n) is 5.72. The summed E-state index contributed by atoms with van der Waals surface area (Å²) in [5, 5.41) is 0. The molecule has 0 aliphatic heterocycles. The topological polar surface area (TPSA) is 27.7 Å². The monoisotopic (exact) mass is 476 g/mol. The zero-order chi connectivity index (χ0) is 18.1. The molecule has 0 fully saturated rings. The Labute approximate surface area is 169 Å². The van der Waals surface area contributed by atoms with Gasteiger partial charge in [-0.25, -0.2) is 0 Å². The van der Waals surface area contributed by atoms with E-state index in [2.05, 4.69) is 22.6 Å². The molecule has 3 aromatic carbocycles. The first-order valence-corrected chi connectivity index (χ1v) is 12.0. The van der Waals surface area contributed by atoms with Gasteiger partial charge in [0.15, 0.2) is 0 Å². The van der Waals surface area contributed by atoms with Crippen LogP contribution in [-0.4, -0.2) is 13.2 Å². The zero-order valence-corrected chi connectivity index (χ0v) is 17.5. The lowest BCUT2D eigenvalue weighted by molar-refractivity contribution is 0.260. The van der Waals surface area contributed by atoms with Crippen LogP contribution in [0.5, 0.6) is 17.2 Å². The van der Waals surface area contributed by atoms with Crippen molar-refractivity contribution in [2.45, 2.75) is 12.5 Å². The quantitative estimate of drug-likeness (QED) is 0.216. The lowest BCUT2D eigenvalue weighted by atomic mass is 10.3. The lowest BCUT2D eigenvalue weighted by Gasteiger charge is -2.30. The van der Waals surface area contributed by atoms with E-state index in [1.165, 1.54) is 0 Å². The lowest BCUT2D eigenvalue weighted by Crippen LogP contribution is -2.54. The van der Waals surface area contributed by atoms with E-state index in [1.807, 2.05) is 91.0 Å². The third-order valence-electron chi connectivity index (χ3n) is 3.67. The molecule has 0 saturated carbocycles. The second kappa shape index (κ2) is 9.63. The fourth-order valence-electron chi connectivity index (χ4n) is 2.50. The standard InChI is InChI=1S/C21H21IO3Si/c22-17-10-18-26(23-19-11-4-1-5-12-19,24-20-13-6-2-7-14-20)25-21-15-8-3-9-16-21/h1-9,11-16H,10,17-18H2. The molecule has 0 unspecified atom stereocenters. The number of rotatable bonds is 9. The molecule has 0 amide bonds. The Balaban J connectivity index is 1.94. The van der Waals surface area contributed by atoms with E-state index in [4.69, 9.17) is 13.3 Å². The first kappa shape index (κ1) is 18.8. The van der Waals surface area contributed by atoms with Crippen LogP contribution in [0.25, 0.3) is 0 Å². The van der Waals surface area contributed by atoms with E-state index in [0.717, 1.165) is 34.1 Å². The van der Waals surface area contributed by atoms with Crippen molar-refractivity contribution in [3.8, 4) is 17.2 Å². The molecular formula is C21H21IO3Si.